The minimum Gasteiger partial charge on any atom is -0.331 e. The topological polar surface area (TPSA) is 43.8 Å². The molecule has 78 valence electrons. The third kappa shape index (κ3) is 1.73. The van der Waals surface area contributed by atoms with Gasteiger partial charge in [-0.2, -0.15) is 0 Å². The first kappa shape index (κ1) is 10.2. The van der Waals surface area contributed by atoms with E-state index in [9.17, 15) is 0 Å². The molecule has 0 aromatic carbocycles. The number of hydrogen-bond acceptors (Lipinski definition) is 2. The van der Waals surface area contributed by atoms with E-state index in [0.717, 1.165) is 35.7 Å². The third-order valence-corrected chi connectivity index (χ3v) is 3.49. The van der Waals surface area contributed by atoms with Crippen molar-refractivity contribution in [3.8, 4) is 0 Å². The molecule has 1 aliphatic heterocycles. The Kier molecular flexibility index (Phi) is 2.93. The molecule has 1 aliphatic rings. The molecule has 0 radical (unpaired) electrons. The van der Waals surface area contributed by atoms with Gasteiger partial charge in [-0.1, -0.05) is 6.92 Å². The van der Waals surface area contributed by atoms with E-state index < -0.39 is 0 Å². The van der Waals surface area contributed by atoms with Crippen LogP contribution in [0.3, 0.4) is 0 Å². The van der Waals surface area contributed by atoms with E-state index in [2.05, 4.69) is 32.4 Å². The number of nitrogens with two attached hydrogens (primary N) is 1. The van der Waals surface area contributed by atoms with E-state index >= 15 is 0 Å². The van der Waals surface area contributed by atoms with Gasteiger partial charge in [0.05, 0.1) is 5.69 Å². The Morgan fingerprint density at radius 2 is 2.43 bits per heavy atom. The van der Waals surface area contributed by atoms with Gasteiger partial charge in [-0.15, -0.1) is 0 Å². The first-order valence-electron chi connectivity index (χ1n) is 5.16. The van der Waals surface area contributed by atoms with Gasteiger partial charge in [-0.3, -0.25) is 0 Å². The molecular weight excluding hydrogens is 242 g/mol. The van der Waals surface area contributed by atoms with E-state index in [1.54, 1.807) is 0 Å². The lowest BCUT2D eigenvalue weighted by Crippen LogP contribution is -2.19. The summed E-state index contributed by atoms with van der Waals surface area (Å²) in [7, 11) is 0. The zero-order chi connectivity index (χ0) is 10.1. The summed E-state index contributed by atoms with van der Waals surface area (Å²) < 4.78 is 3.35. The van der Waals surface area contributed by atoms with Gasteiger partial charge >= 0.3 is 0 Å². The van der Waals surface area contributed by atoms with Crippen molar-refractivity contribution >= 4 is 15.9 Å². The molecule has 1 aromatic heterocycles. The quantitative estimate of drug-likeness (QED) is 0.877. The smallest absolute Gasteiger partial charge is 0.127 e. The van der Waals surface area contributed by atoms with Crippen LogP contribution in [0.15, 0.2) is 4.60 Å². The fourth-order valence-electron chi connectivity index (χ4n) is 2.07. The summed E-state index contributed by atoms with van der Waals surface area (Å²) in [6, 6.07) is 0. The fourth-order valence-corrected chi connectivity index (χ4v) is 2.65. The van der Waals surface area contributed by atoms with E-state index in [0.29, 0.717) is 6.54 Å². The van der Waals surface area contributed by atoms with Crippen molar-refractivity contribution < 1.29 is 0 Å². The lowest BCUT2D eigenvalue weighted by molar-refractivity contribution is 0.408. The molecule has 0 bridgehead atoms. The molecular formula is C10H16BrN3. The minimum atomic E-state index is 0.679. The fraction of sp³-hybridized carbons (Fsp3) is 0.700. The van der Waals surface area contributed by atoms with Crippen LogP contribution in [0, 0.1) is 5.92 Å². The van der Waals surface area contributed by atoms with Crippen molar-refractivity contribution in [3.63, 3.8) is 0 Å². The molecule has 0 fully saturated rings. The Balaban J connectivity index is 2.33. The first-order valence-corrected chi connectivity index (χ1v) is 5.95. The number of aromatic nitrogens is 2. The number of rotatable bonds is 2. The van der Waals surface area contributed by atoms with Crippen LogP contribution in [-0.4, -0.2) is 16.1 Å². The van der Waals surface area contributed by atoms with Gasteiger partial charge in [-0.05, 0) is 41.2 Å². The molecule has 0 saturated heterocycles. The zero-order valence-electron chi connectivity index (χ0n) is 8.46. The maximum absolute atomic E-state index is 5.56. The summed E-state index contributed by atoms with van der Waals surface area (Å²) in [5.41, 5.74) is 6.92. The highest BCUT2D eigenvalue weighted by Gasteiger charge is 2.21. The molecule has 1 unspecified atom stereocenters. The lowest BCUT2D eigenvalue weighted by Gasteiger charge is -2.22. The van der Waals surface area contributed by atoms with Crippen molar-refractivity contribution in [1.29, 1.82) is 0 Å². The molecule has 0 saturated carbocycles. The standard InChI is InChI=1S/C10H16BrN3/c1-7-3-5-14-8(6-7)10(11)13-9(14)2-4-12/h7H,2-6,12H2,1H3. The van der Waals surface area contributed by atoms with Crippen molar-refractivity contribution in [2.24, 2.45) is 11.7 Å². The summed E-state index contributed by atoms with van der Waals surface area (Å²) in [6.07, 6.45) is 3.28. The Morgan fingerprint density at radius 3 is 3.14 bits per heavy atom. The van der Waals surface area contributed by atoms with Gasteiger partial charge in [-0.25, -0.2) is 4.98 Å². The lowest BCUT2D eigenvalue weighted by atomic mass is 9.98. The van der Waals surface area contributed by atoms with Crippen molar-refractivity contribution in [2.75, 3.05) is 6.54 Å². The van der Waals surface area contributed by atoms with Gasteiger partial charge in [0.2, 0.25) is 0 Å². The monoisotopic (exact) mass is 257 g/mol. The van der Waals surface area contributed by atoms with Crippen molar-refractivity contribution in [3.05, 3.63) is 16.1 Å². The average Bonchev–Trinajstić information content (AvgIpc) is 2.44. The molecule has 3 nitrogen and oxygen atoms in total. The van der Waals surface area contributed by atoms with Crippen LogP contribution in [-0.2, 0) is 19.4 Å². The molecule has 14 heavy (non-hydrogen) atoms. The largest absolute Gasteiger partial charge is 0.331 e. The van der Waals surface area contributed by atoms with Crippen LogP contribution >= 0.6 is 15.9 Å². The second-order valence-electron chi connectivity index (χ2n) is 4.05. The van der Waals surface area contributed by atoms with Crippen LogP contribution in [0.1, 0.15) is 24.9 Å². The summed E-state index contributed by atoms with van der Waals surface area (Å²) >= 11 is 3.53. The highest BCUT2D eigenvalue weighted by atomic mass is 79.9. The second kappa shape index (κ2) is 4.03. The number of fused-ring (bicyclic) bond motifs is 1. The number of halogens is 1. The van der Waals surface area contributed by atoms with Gasteiger partial charge in [0, 0.05) is 13.0 Å². The van der Waals surface area contributed by atoms with Crippen LogP contribution in [0.4, 0.5) is 0 Å². The van der Waals surface area contributed by atoms with E-state index in [1.807, 2.05) is 0 Å². The van der Waals surface area contributed by atoms with E-state index in [-0.39, 0.29) is 0 Å². The Labute approximate surface area is 92.8 Å². The Bertz CT molecular complexity index is 332. The predicted molar refractivity (Wildman–Crippen MR) is 60.2 cm³/mol. The Hall–Kier alpha value is -0.350. The van der Waals surface area contributed by atoms with Gasteiger partial charge < -0.3 is 10.3 Å². The summed E-state index contributed by atoms with van der Waals surface area (Å²) in [5.74, 6) is 1.92. The zero-order valence-corrected chi connectivity index (χ0v) is 10.0. The van der Waals surface area contributed by atoms with Crippen molar-refractivity contribution in [1.82, 2.24) is 9.55 Å². The van der Waals surface area contributed by atoms with Crippen LogP contribution in [0.2, 0.25) is 0 Å². The molecule has 0 spiro atoms. The third-order valence-electron chi connectivity index (χ3n) is 2.86. The summed E-state index contributed by atoms with van der Waals surface area (Å²) in [6.45, 7) is 4.08. The van der Waals surface area contributed by atoms with Crippen LogP contribution < -0.4 is 5.73 Å². The molecule has 2 heterocycles. The number of imidazole rings is 1. The number of nitrogens with zero attached hydrogens (tertiary/aromatic N) is 2. The molecule has 2 N–H and O–H groups in total. The van der Waals surface area contributed by atoms with Crippen LogP contribution in [0.5, 0.6) is 0 Å². The normalized spacial score (nSPS) is 20.9. The second-order valence-corrected chi connectivity index (χ2v) is 4.80. The molecule has 1 atom stereocenters. The predicted octanol–water partition coefficient (Wildman–Crippen LogP) is 1.73. The van der Waals surface area contributed by atoms with Crippen LogP contribution in [0.25, 0.3) is 0 Å². The SMILES string of the molecule is CC1CCn2c(CCN)nc(Br)c2C1. The number of hydrogen-bond donors (Lipinski definition) is 1. The van der Waals surface area contributed by atoms with Gasteiger partial charge in [0.15, 0.2) is 0 Å². The molecule has 0 amide bonds. The molecule has 1 aromatic rings. The maximum Gasteiger partial charge on any atom is 0.127 e. The average molecular weight is 258 g/mol. The molecule has 0 aliphatic carbocycles. The Morgan fingerprint density at radius 1 is 1.64 bits per heavy atom. The molecule has 2 rings (SSSR count). The maximum atomic E-state index is 5.56. The minimum absolute atomic E-state index is 0.679. The van der Waals surface area contributed by atoms with Gasteiger partial charge in [0.25, 0.3) is 0 Å². The highest BCUT2D eigenvalue weighted by molar-refractivity contribution is 9.10. The first-order chi connectivity index (χ1) is 6.72. The van der Waals surface area contributed by atoms with E-state index in [1.165, 1.54) is 12.1 Å². The molecule has 4 heteroatoms. The van der Waals surface area contributed by atoms with Crippen molar-refractivity contribution in [2.45, 2.75) is 32.7 Å². The van der Waals surface area contributed by atoms with Gasteiger partial charge in [0.1, 0.15) is 10.4 Å². The summed E-state index contributed by atoms with van der Waals surface area (Å²) in [5, 5.41) is 0. The highest BCUT2D eigenvalue weighted by Crippen LogP contribution is 2.27. The summed E-state index contributed by atoms with van der Waals surface area (Å²) in [4.78, 5) is 4.52. The van der Waals surface area contributed by atoms with E-state index in [4.69, 9.17) is 5.73 Å².